The Morgan fingerprint density at radius 1 is 1.03 bits per heavy atom. The normalized spacial score (nSPS) is 14.1. The summed E-state index contributed by atoms with van der Waals surface area (Å²) < 4.78 is 41.4. The highest BCUT2D eigenvalue weighted by molar-refractivity contribution is 6.04. The molecule has 0 aliphatic carbocycles. The topological polar surface area (TPSA) is 84.3 Å². The first kappa shape index (κ1) is 22.3. The fraction of sp³-hybridized carbons (Fsp3) is 0.217. The van der Waals surface area contributed by atoms with Crippen LogP contribution in [-0.2, 0) is 22.3 Å². The predicted octanol–water partition coefficient (Wildman–Crippen LogP) is 4.10. The average Bonchev–Trinajstić information content (AvgIpc) is 3.29. The van der Waals surface area contributed by atoms with E-state index in [0.29, 0.717) is 11.3 Å². The van der Waals surface area contributed by atoms with E-state index in [-0.39, 0.29) is 48.3 Å². The minimum Gasteiger partial charge on any atom is -0.306 e. The Hall–Kier alpha value is -3.95. The van der Waals surface area contributed by atoms with Crippen LogP contribution in [-0.4, -0.2) is 32.4 Å². The van der Waals surface area contributed by atoms with Crippen LogP contribution in [0.3, 0.4) is 0 Å². The van der Waals surface area contributed by atoms with Crippen molar-refractivity contribution in [3.05, 3.63) is 77.0 Å². The van der Waals surface area contributed by atoms with Crippen molar-refractivity contribution in [2.75, 3.05) is 5.32 Å². The molecule has 0 saturated carbocycles. The van der Waals surface area contributed by atoms with Crippen molar-refractivity contribution < 1.29 is 27.6 Å². The highest BCUT2D eigenvalue weighted by Gasteiger charge is 2.34. The van der Waals surface area contributed by atoms with E-state index in [1.165, 1.54) is 41.3 Å². The van der Waals surface area contributed by atoms with Crippen LogP contribution in [0.25, 0.3) is 5.69 Å². The average molecular weight is 456 g/mol. The van der Waals surface area contributed by atoms with Gasteiger partial charge in [0.2, 0.25) is 11.8 Å². The van der Waals surface area contributed by atoms with Crippen LogP contribution in [0.15, 0.2) is 54.6 Å². The summed E-state index contributed by atoms with van der Waals surface area (Å²) in [5.41, 5.74) is 0.280. The first-order chi connectivity index (χ1) is 15.6. The van der Waals surface area contributed by atoms with Gasteiger partial charge >= 0.3 is 6.18 Å². The standard InChI is InChI=1S/C23H19F3N4O3/c1-14-12-19(30(28-14)18-5-3-2-4-17(18)23(24,25)26)27-22(33)16-8-6-15(7-9-16)13-29-20(31)10-11-21(29)32/h2-9,12H,10-11,13H2,1H3,(H,27,33). The number of nitrogens with one attached hydrogen (secondary N) is 1. The molecule has 0 atom stereocenters. The molecule has 0 bridgehead atoms. The van der Waals surface area contributed by atoms with Gasteiger partial charge in [0.05, 0.1) is 23.5 Å². The lowest BCUT2D eigenvalue weighted by Gasteiger charge is -2.15. The van der Waals surface area contributed by atoms with Gasteiger partial charge in [-0.2, -0.15) is 18.3 Å². The van der Waals surface area contributed by atoms with Crippen molar-refractivity contribution in [1.82, 2.24) is 14.7 Å². The zero-order valence-corrected chi connectivity index (χ0v) is 17.5. The number of hydrogen-bond donors (Lipinski definition) is 1. The molecule has 1 aromatic heterocycles. The van der Waals surface area contributed by atoms with Crippen LogP contribution in [0.1, 0.15) is 40.0 Å². The fourth-order valence-corrected chi connectivity index (χ4v) is 3.60. The Kier molecular flexibility index (Phi) is 5.75. The van der Waals surface area contributed by atoms with Gasteiger partial charge in [0.25, 0.3) is 5.91 Å². The fourth-order valence-electron chi connectivity index (χ4n) is 3.60. The molecule has 0 radical (unpaired) electrons. The second kappa shape index (κ2) is 8.53. The van der Waals surface area contributed by atoms with Gasteiger partial charge < -0.3 is 5.32 Å². The van der Waals surface area contributed by atoms with E-state index in [1.807, 2.05) is 0 Å². The highest BCUT2D eigenvalue weighted by Crippen LogP contribution is 2.34. The quantitative estimate of drug-likeness (QED) is 0.586. The molecule has 7 nitrogen and oxygen atoms in total. The number of rotatable bonds is 5. The summed E-state index contributed by atoms with van der Waals surface area (Å²) >= 11 is 0. The Labute approximate surface area is 186 Å². The Morgan fingerprint density at radius 3 is 2.30 bits per heavy atom. The number of imide groups is 1. The summed E-state index contributed by atoms with van der Waals surface area (Å²) in [5.74, 6) is -0.916. The Morgan fingerprint density at radius 2 is 1.67 bits per heavy atom. The van der Waals surface area contributed by atoms with E-state index >= 15 is 0 Å². The molecule has 1 saturated heterocycles. The molecule has 1 fully saturated rings. The van der Waals surface area contributed by atoms with E-state index in [2.05, 4.69) is 10.4 Å². The summed E-state index contributed by atoms with van der Waals surface area (Å²) in [6.07, 6.45) is -4.19. The van der Waals surface area contributed by atoms with Gasteiger partial charge in [-0.05, 0) is 36.8 Å². The molecule has 0 unspecified atom stereocenters. The number of likely N-dealkylation sites (tertiary alicyclic amines) is 1. The molecule has 3 aromatic rings. The number of para-hydroxylation sites is 1. The van der Waals surface area contributed by atoms with Gasteiger partial charge in [0.15, 0.2) is 0 Å². The molecule has 33 heavy (non-hydrogen) atoms. The van der Waals surface area contributed by atoms with Crippen molar-refractivity contribution in [3.63, 3.8) is 0 Å². The summed E-state index contributed by atoms with van der Waals surface area (Å²) in [7, 11) is 0. The van der Waals surface area contributed by atoms with Crippen LogP contribution >= 0.6 is 0 Å². The number of nitrogens with zero attached hydrogens (tertiary/aromatic N) is 3. The maximum absolute atomic E-state index is 13.5. The van der Waals surface area contributed by atoms with Crippen LogP contribution in [0.4, 0.5) is 19.0 Å². The van der Waals surface area contributed by atoms with Crippen molar-refractivity contribution in [2.45, 2.75) is 32.5 Å². The van der Waals surface area contributed by atoms with Crippen LogP contribution in [0, 0.1) is 6.92 Å². The first-order valence-corrected chi connectivity index (χ1v) is 10.1. The maximum Gasteiger partial charge on any atom is 0.418 e. The van der Waals surface area contributed by atoms with Gasteiger partial charge in [0, 0.05) is 24.5 Å². The smallest absolute Gasteiger partial charge is 0.306 e. The third kappa shape index (κ3) is 4.64. The highest BCUT2D eigenvalue weighted by atomic mass is 19.4. The zero-order valence-electron chi connectivity index (χ0n) is 17.5. The predicted molar refractivity (Wildman–Crippen MR) is 112 cm³/mol. The van der Waals surface area contributed by atoms with Gasteiger partial charge in [-0.25, -0.2) is 4.68 Å². The molecule has 170 valence electrons. The molecule has 1 aliphatic rings. The van der Waals surface area contributed by atoms with Crippen molar-refractivity contribution >= 4 is 23.5 Å². The molecule has 0 spiro atoms. The third-order valence-electron chi connectivity index (χ3n) is 5.22. The molecule has 2 heterocycles. The number of halogens is 3. The van der Waals surface area contributed by atoms with Gasteiger partial charge in [0.1, 0.15) is 5.82 Å². The number of alkyl halides is 3. The Bertz CT molecular complexity index is 1220. The number of benzene rings is 2. The zero-order chi connectivity index (χ0) is 23.8. The van der Waals surface area contributed by atoms with Crippen LogP contribution in [0.5, 0.6) is 0 Å². The molecule has 1 N–H and O–H groups in total. The largest absolute Gasteiger partial charge is 0.418 e. The van der Waals surface area contributed by atoms with E-state index in [1.54, 1.807) is 19.1 Å². The first-order valence-electron chi connectivity index (χ1n) is 10.1. The number of amides is 3. The summed E-state index contributed by atoms with van der Waals surface area (Å²) in [4.78, 5) is 37.5. The molecule has 1 aliphatic heterocycles. The van der Waals surface area contributed by atoms with Gasteiger partial charge in [-0.3, -0.25) is 19.3 Å². The van der Waals surface area contributed by atoms with Crippen molar-refractivity contribution in [1.29, 1.82) is 0 Å². The van der Waals surface area contributed by atoms with E-state index in [4.69, 9.17) is 0 Å². The van der Waals surface area contributed by atoms with Crippen LogP contribution in [0.2, 0.25) is 0 Å². The number of anilines is 1. The SMILES string of the molecule is Cc1cc(NC(=O)c2ccc(CN3C(=O)CCC3=O)cc2)n(-c2ccccc2C(F)(F)F)n1. The lowest BCUT2D eigenvalue weighted by atomic mass is 10.1. The number of aromatic nitrogens is 2. The maximum atomic E-state index is 13.5. The summed E-state index contributed by atoms with van der Waals surface area (Å²) in [5, 5.41) is 6.73. The Balaban J connectivity index is 1.55. The molecular formula is C23H19F3N4O3. The third-order valence-corrected chi connectivity index (χ3v) is 5.22. The second-order valence-corrected chi connectivity index (χ2v) is 7.62. The molecular weight excluding hydrogens is 437 g/mol. The number of carbonyl (C=O) groups excluding carboxylic acids is 3. The summed E-state index contributed by atoms with van der Waals surface area (Å²) in [6.45, 7) is 1.73. The minimum atomic E-state index is -4.59. The van der Waals surface area contributed by atoms with Crippen molar-refractivity contribution in [2.24, 2.45) is 0 Å². The monoisotopic (exact) mass is 456 g/mol. The summed E-state index contributed by atoms with van der Waals surface area (Å²) in [6, 6.07) is 12.7. The number of aryl methyl sites for hydroxylation is 1. The number of carbonyl (C=O) groups is 3. The minimum absolute atomic E-state index is 0.0894. The number of hydrogen-bond acceptors (Lipinski definition) is 4. The van der Waals surface area contributed by atoms with E-state index < -0.39 is 17.6 Å². The lowest BCUT2D eigenvalue weighted by Crippen LogP contribution is -2.28. The van der Waals surface area contributed by atoms with Gasteiger partial charge in [-0.1, -0.05) is 24.3 Å². The second-order valence-electron chi connectivity index (χ2n) is 7.62. The van der Waals surface area contributed by atoms with E-state index in [9.17, 15) is 27.6 Å². The molecule has 2 aromatic carbocycles. The van der Waals surface area contributed by atoms with Gasteiger partial charge in [-0.15, -0.1) is 0 Å². The van der Waals surface area contributed by atoms with Crippen LogP contribution < -0.4 is 5.32 Å². The lowest BCUT2D eigenvalue weighted by molar-refractivity contribution is -0.139. The molecule has 4 rings (SSSR count). The van der Waals surface area contributed by atoms with E-state index in [0.717, 1.165) is 10.7 Å². The molecule has 10 heteroatoms. The van der Waals surface area contributed by atoms with Crippen molar-refractivity contribution in [3.8, 4) is 5.69 Å². The molecule has 3 amide bonds.